The molecule has 0 fully saturated rings. The number of aliphatic imine (C=N–C) groups is 1. The lowest BCUT2D eigenvalue weighted by Crippen LogP contribution is -2.34. The third-order valence-corrected chi connectivity index (χ3v) is 3.47. The number of nitrogens with zero attached hydrogens (tertiary/aromatic N) is 2. The zero-order valence-corrected chi connectivity index (χ0v) is 12.0. The first-order valence-corrected chi connectivity index (χ1v) is 7.31. The van der Waals surface area contributed by atoms with Gasteiger partial charge in [-0.15, -0.1) is 11.3 Å². The van der Waals surface area contributed by atoms with Crippen LogP contribution < -0.4 is 15.8 Å². The zero-order chi connectivity index (χ0) is 14.0. The molecule has 20 heavy (non-hydrogen) atoms. The molecule has 2 aromatic heterocycles. The number of aromatic nitrogens is 1. The lowest BCUT2D eigenvalue weighted by molar-refractivity contribution is 0.321. The van der Waals surface area contributed by atoms with Crippen molar-refractivity contribution in [3.05, 3.63) is 46.9 Å². The van der Waals surface area contributed by atoms with E-state index in [2.05, 4.69) is 26.7 Å². The summed E-state index contributed by atoms with van der Waals surface area (Å²) >= 11 is 1.74. The fourth-order valence-electron chi connectivity index (χ4n) is 1.58. The Morgan fingerprint density at radius 3 is 3.10 bits per heavy atom. The molecule has 6 heteroatoms. The monoisotopic (exact) mass is 290 g/mol. The van der Waals surface area contributed by atoms with Crippen LogP contribution in [-0.2, 0) is 6.42 Å². The summed E-state index contributed by atoms with van der Waals surface area (Å²) in [6.45, 7) is 1.83. The fourth-order valence-corrected chi connectivity index (χ4v) is 2.28. The number of thiophene rings is 1. The topological polar surface area (TPSA) is 72.5 Å². The normalized spacial score (nSPS) is 11.3. The van der Waals surface area contributed by atoms with Gasteiger partial charge in [-0.3, -0.25) is 9.98 Å². The van der Waals surface area contributed by atoms with Gasteiger partial charge < -0.3 is 15.8 Å². The van der Waals surface area contributed by atoms with Crippen LogP contribution in [0.3, 0.4) is 0 Å². The van der Waals surface area contributed by atoms with E-state index in [0.29, 0.717) is 25.7 Å². The molecule has 0 radical (unpaired) electrons. The zero-order valence-electron chi connectivity index (χ0n) is 11.2. The second-order valence-corrected chi connectivity index (χ2v) is 5.09. The van der Waals surface area contributed by atoms with Crippen molar-refractivity contribution in [2.24, 2.45) is 10.7 Å². The lowest BCUT2D eigenvalue weighted by Gasteiger charge is -2.07. The van der Waals surface area contributed by atoms with E-state index in [1.807, 2.05) is 18.2 Å². The van der Waals surface area contributed by atoms with Crippen LogP contribution in [-0.4, -0.2) is 30.6 Å². The van der Waals surface area contributed by atoms with Crippen LogP contribution in [0.25, 0.3) is 0 Å². The third kappa shape index (κ3) is 5.27. The maximum atomic E-state index is 5.77. The molecule has 3 N–H and O–H groups in total. The van der Waals surface area contributed by atoms with Gasteiger partial charge in [-0.05, 0) is 23.6 Å². The molecule has 0 unspecified atom stereocenters. The van der Waals surface area contributed by atoms with Gasteiger partial charge in [0, 0.05) is 24.0 Å². The molecule has 0 aliphatic rings. The van der Waals surface area contributed by atoms with Crippen molar-refractivity contribution in [1.82, 2.24) is 10.3 Å². The Labute approximate surface area is 122 Å². The summed E-state index contributed by atoms with van der Waals surface area (Å²) in [5.74, 6) is 1.21. The van der Waals surface area contributed by atoms with Crippen LogP contribution in [0.2, 0.25) is 0 Å². The summed E-state index contributed by atoms with van der Waals surface area (Å²) in [4.78, 5) is 9.56. The van der Waals surface area contributed by atoms with E-state index >= 15 is 0 Å². The number of guanidine groups is 1. The number of pyridine rings is 1. The van der Waals surface area contributed by atoms with Crippen molar-refractivity contribution in [2.75, 3.05) is 19.7 Å². The van der Waals surface area contributed by atoms with Crippen molar-refractivity contribution >= 4 is 17.3 Å². The Kier molecular flexibility index (Phi) is 5.85. The molecule has 2 rings (SSSR count). The quantitative estimate of drug-likeness (QED) is 0.462. The second-order valence-electron chi connectivity index (χ2n) is 4.06. The maximum Gasteiger partial charge on any atom is 0.188 e. The average Bonchev–Trinajstić information content (AvgIpc) is 2.98. The Morgan fingerprint density at radius 2 is 2.35 bits per heavy atom. The van der Waals surface area contributed by atoms with Gasteiger partial charge in [-0.25, -0.2) is 0 Å². The van der Waals surface area contributed by atoms with Gasteiger partial charge in [0.1, 0.15) is 12.4 Å². The summed E-state index contributed by atoms with van der Waals surface area (Å²) in [6, 6.07) is 7.85. The standard InChI is InChI=1S/C14H18N4OS/c15-14(17-7-5-13-4-2-10-20-13)18-8-9-19-12-3-1-6-16-11-12/h1-4,6,10-11H,5,7-9H2,(H3,15,17,18). The van der Waals surface area contributed by atoms with Crippen molar-refractivity contribution in [3.63, 3.8) is 0 Å². The van der Waals surface area contributed by atoms with Crippen molar-refractivity contribution < 1.29 is 4.74 Å². The van der Waals surface area contributed by atoms with Gasteiger partial charge in [-0.1, -0.05) is 6.07 Å². The predicted molar refractivity (Wildman–Crippen MR) is 82.2 cm³/mol. The van der Waals surface area contributed by atoms with Crippen LogP contribution in [0.15, 0.2) is 47.0 Å². The minimum absolute atomic E-state index is 0.455. The Morgan fingerprint density at radius 1 is 1.40 bits per heavy atom. The molecule has 0 saturated carbocycles. The van der Waals surface area contributed by atoms with E-state index in [0.717, 1.165) is 12.2 Å². The smallest absolute Gasteiger partial charge is 0.188 e. The molecule has 0 aliphatic carbocycles. The molecule has 0 aromatic carbocycles. The molecule has 0 atom stereocenters. The van der Waals surface area contributed by atoms with Gasteiger partial charge in [0.2, 0.25) is 0 Å². The summed E-state index contributed by atoms with van der Waals surface area (Å²) in [6.07, 6.45) is 4.31. The Bertz CT molecular complexity index is 513. The number of nitrogens with two attached hydrogens (primary N) is 1. The first-order chi connectivity index (χ1) is 9.84. The summed E-state index contributed by atoms with van der Waals surface area (Å²) < 4.78 is 5.49. The SMILES string of the molecule is NC(=NCCc1cccs1)NCCOc1cccnc1. The van der Waals surface area contributed by atoms with E-state index in [1.165, 1.54) is 4.88 Å². The minimum atomic E-state index is 0.455. The van der Waals surface area contributed by atoms with Crippen LogP contribution in [0.4, 0.5) is 0 Å². The number of nitrogens with one attached hydrogen (secondary N) is 1. The van der Waals surface area contributed by atoms with Crippen LogP contribution in [0.5, 0.6) is 5.75 Å². The molecule has 5 nitrogen and oxygen atoms in total. The Balaban J connectivity index is 1.58. The number of hydrogen-bond donors (Lipinski definition) is 2. The fraction of sp³-hybridized carbons (Fsp3) is 0.286. The van der Waals surface area contributed by atoms with E-state index in [1.54, 1.807) is 23.7 Å². The second kappa shape index (κ2) is 8.16. The van der Waals surface area contributed by atoms with Crippen LogP contribution >= 0.6 is 11.3 Å². The van der Waals surface area contributed by atoms with E-state index < -0.39 is 0 Å². The van der Waals surface area contributed by atoms with Gasteiger partial charge in [0.05, 0.1) is 12.7 Å². The molecular formula is C14H18N4OS. The summed E-state index contributed by atoms with van der Waals surface area (Å²) in [7, 11) is 0. The molecular weight excluding hydrogens is 272 g/mol. The molecule has 0 saturated heterocycles. The molecule has 2 aromatic rings. The van der Waals surface area contributed by atoms with Crippen LogP contribution in [0.1, 0.15) is 4.88 Å². The minimum Gasteiger partial charge on any atom is -0.490 e. The largest absolute Gasteiger partial charge is 0.490 e. The highest BCUT2D eigenvalue weighted by atomic mass is 32.1. The predicted octanol–water partition coefficient (Wildman–Crippen LogP) is 1.67. The van der Waals surface area contributed by atoms with Crippen LogP contribution in [0, 0.1) is 0 Å². The van der Waals surface area contributed by atoms with Crippen molar-refractivity contribution in [2.45, 2.75) is 6.42 Å². The molecule has 0 bridgehead atoms. The first-order valence-electron chi connectivity index (χ1n) is 6.43. The third-order valence-electron chi connectivity index (χ3n) is 2.53. The summed E-state index contributed by atoms with van der Waals surface area (Å²) in [5.41, 5.74) is 5.77. The number of rotatable bonds is 7. The summed E-state index contributed by atoms with van der Waals surface area (Å²) in [5, 5.41) is 5.08. The molecule has 106 valence electrons. The Hall–Kier alpha value is -2.08. The van der Waals surface area contributed by atoms with Crippen molar-refractivity contribution in [3.8, 4) is 5.75 Å². The van der Waals surface area contributed by atoms with Gasteiger partial charge >= 0.3 is 0 Å². The van der Waals surface area contributed by atoms with Gasteiger partial charge in [-0.2, -0.15) is 0 Å². The maximum absolute atomic E-state index is 5.77. The number of hydrogen-bond acceptors (Lipinski definition) is 4. The molecule has 2 heterocycles. The van der Waals surface area contributed by atoms with Gasteiger partial charge in [0.15, 0.2) is 5.96 Å². The molecule has 0 amide bonds. The molecule has 0 aliphatic heterocycles. The van der Waals surface area contributed by atoms with E-state index in [4.69, 9.17) is 10.5 Å². The molecule has 0 spiro atoms. The highest BCUT2D eigenvalue weighted by molar-refractivity contribution is 7.09. The van der Waals surface area contributed by atoms with E-state index in [9.17, 15) is 0 Å². The van der Waals surface area contributed by atoms with Crippen molar-refractivity contribution in [1.29, 1.82) is 0 Å². The first kappa shape index (κ1) is 14.3. The van der Waals surface area contributed by atoms with E-state index in [-0.39, 0.29) is 0 Å². The average molecular weight is 290 g/mol. The lowest BCUT2D eigenvalue weighted by atomic mass is 10.3. The van der Waals surface area contributed by atoms with Gasteiger partial charge in [0.25, 0.3) is 0 Å². The highest BCUT2D eigenvalue weighted by Gasteiger charge is 1.95. The highest BCUT2D eigenvalue weighted by Crippen LogP contribution is 2.08. The number of ether oxygens (including phenoxy) is 1.